The van der Waals surface area contributed by atoms with Crippen LogP contribution in [0.5, 0.6) is 5.75 Å². The Bertz CT molecular complexity index is 1870. The van der Waals surface area contributed by atoms with E-state index >= 15 is 0 Å². The molecule has 0 radical (unpaired) electrons. The van der Waals surface area contributed by atoms with Gasteiger partial charge in [0, 0.05) is 41.1 Å². The molecule has 0 aliphatic heterocycles. The number of benzene rings is 3. The molecule has 1 aromatic heterocycles. The number of carbonyl (C=O) groups is 3. The van der Waals surface area contributed by atoms with E-state index in [2.05, 4.69) is 34.5 Å². The molecule has 4 aromatic rings. The second kappa shape index (κ2) is 17.6. The first-order valence-corrected chi connectivity index (χ1v) is 17.6. The van der Waals surface area contributed by atoms with Crippen molar-refractivity contribution >= 4 is 35.2 Å². The van der Waals surface area contributed by atoms with Crippen LogP contribution in [0.3, 0.4) is 0 Å². The lowest BCUT2D eigenvalue weighted by molar-refractivity contribution is -0.140. The smallest absolute Gasteiger partial charge is 0.408 e. The van der Waals surface area contributed by atoms with Crippen LogP contribution >= 0.6 is 11.6 Å². The van der Waals surface area contributed by atoms with Gasteiger partial charge in [0.15, 0.2) is 0 Å². The highest BCUT2D eigenvalue weighted by atomic mass is 35.5. The topological polar surface area (TPSA) is 126 Å². The molecular weight excluding hydrogens is 666 g/mol. The molecule has 0 saturated carbocycles. The number of aryl methyl sites for hydroxylation is 1. The van der Waals surface area contributed by atoms with E-state index in [-0.39, 0.29) is 11.7 Å². The molecule has 51 heavy (non-hydrogen) atoms. The molecule has 0 aliphatic rings. The van der Waals surface area contributed by atoms with Gasteiger partial charge in [0.2, 0.25) is 5.91 Å². The molecule has 3 aromatic carbocycles. The number of aromatic nitrogens is 2. The van der Waals surface area contributed by atoms with E-state index in [0.717, 1.165) is 6.42 Å². The molecule has 3 N–H and O–H groups in total. The van der Waals surface area contributed by atoms with Crippen LogP contribution in [-0.4, -0.2) is 55.9 Å². The third-order valence-electron chi connectivity index (χ3n) is 7.78. The monoisotopic (exact) mass is 711 g/mol. The van der Waals surface area contributed by atoms with Crippen LogP contribution in [0.15, 0.2) is 79.0 Å². The summed E-state index contributed by atoms with van der Waals surface area (Å²) in [5.41, 5.74) is 2.73. The molecule has 0 saturated heterocycles. The van der Waals surface area contributed by atoms with Gasteiger partial charge in [-0.2, -0.15) is 5.10 Å². The Morgan fingerprint density at radius 3 is 2.31 bits per heavy atom. The van der Waals surface area contributed by atoms with E-state index in [9.17, 15) is 19.5 Å². The minimum atomic E-state index is -1.05. The van der Waals surface area contributed by atoms with Crippen molar-refractivity contribution in [2.45, 2.75) is 85.0 Å². The lowest BCUT2D eigenvalue weighted by atomic mass is 10.0. The van der Waals surface area contributed by atoms with Gasteiger partial charge in [-0.25, -0.2) is 4.79 Å². The Hall–Kier alpha value is -5.27. The van der Waals surface area contributed by atoms with E-state index in [1.807, 2.05) is 26.1 Å². The fourth-order valence-electron chi connectivity index (χ4n) is 5.49. The summed E-state index contributed by atoms with van der Waals surface area (Å²) in [7, 11) is 0. The first kappa shape index (κ1) is 38.5. The van der Waals surface area contributed by atoms with Crippen molar-refractivity contribution in [3.63, 3.8) is 0 Å². The third kappa shape index (κ3) is 10.6. The summed E-state index contributed by atoms with van der Waals surface area (Å²) in [6.07, 6.45) is 2.96. The number of halogens is 1. The summed E-state index contributed by atoms with van der Waals surface area (Å²) < 4.78 is 7.26. The zero-order valence-corrected chi connectivity index (χ0v) is 30.8. The van der Waals surface area contributed by atoms with Gasteiger partial charge in [-0.1, -0.05) is 74.5 Å². The second-order valence-corrected chi connectivity index (χ2v) is 13.5. The maximum atomic E-state index is 14.1. The zero-order valence-electron chi connectivity index (χ0n) is 30.0. The van der Waals surface area contributed by atoms with Crippen LogP contribution in [0.25, 0.3) is 11.3 Å². The largest absolute Gasteiger partial charge is 0.507 e. The van der Waals surface area contributed by atoms with Crippen LogP contribution in [0.1, 0.15) is 83.5 Å². The number of hydrogen-bond donors (Lipinski definition) is 3. The molecule has 11 heteroatoms. The first-order chi connectivity index (χ1) is 24.3. The minimum absolute atomic E-state index is 0.0590. The van der Waals surface area contributed by atoms with Gasteiger partial charge in [-0.15, -0.1) is 0 Å². The standard InChI is InChI=1S/C40H46ClN5O5/c1-7-23-45-26-29(35(44-45)32-25-30(41)19-22-34(32)47)18-15-27-16-20-31(21-17-27)42-37(48)33(9-3)46(24-8-2)38(49)36(28-13-11-10-12-14-28)43-39(50)51-40(4,5)6/h10-14,16-17,19-22,25-26,33,36,47H,7-9,23-24H2,1-6H3,(H,42,48)(H,43,50)/t33?,36-/m1/s1. The molecule has 0 spiro atoms. The molecular formula is C40H46ClN5O5. The molecule has 1 heterocycles. The summed E-state index contributed by atoms with van der Waals surface area (Å²) in [6, 6.07) is 19.0. The maximum absolute atomic E-state index is 14.1. The number of hydrogen-bond acceptors (Lipinski definition) is 6. The maximum Gasteiger partial charge on any atom is 0.408 e. The highest BCUT2D eigenvalue weighted by Gasteiger charge is 2.35. The number of carbonyl (C=O) groups excluding carboxylic acids is 3. The summed E-state index contributed by atoms with van der Waals surface area (Å²) in [5.74, 6) is 5.63. The Kier molecular flexibility index (Phi) is 13.3. The van der Waals surface area contributed by atoms with Crippen LogP contribution < -0.4 is 10.6 Å². The fraction of sp³-hybridized carbons (Fsp3) is 0.350. The molecule has 4 rings (SSSR count). The second-order valence-electron chi connectivity index (χ2n) is 13.1. The van der Waals surface area contributed by atoms with Gasteiger partial charge >= 0.3 is 6.09 Å². The molecule has 1 unspecified atom stereocenters. The van der Waals surface area contributed by atoms with Crippen molar-refractivity contribution in [3.8, 4) is 28.8 Å². The van der Waals surface area contributed by atoms with E-state index in [0.29, 0.717) is 64.6 Å². The fourth-order valence-corrected chi connectivity index (χ4v) is 5.66. The Balaban J connectivity index is 1.54. The first-order valence-electron chi connectivity index (χ1n) is 17.2. The third-order valence-corrected chi connectivity index (χ3v) is 8.01. The minimum Gasteiger partial charge on any atom is -0.507 e. The number of amides is 3. The SMILES string of the molecule is CCCN(C(=O)[C@H](NC(=O)OC(C)(C)C)c1ccccc1)C(CC)C(=O)Nc1ccc(C#Cc2cn(CCC)nc2-c2cc(Cl)ccc2O)cc1. The van der Waals surface area contributed by atoms with E-state index < -0.39 is 29.7 Å². The van der Waals surface area contributed by atoms with Crippen LogP contribution in [-0.2, 0) is 20.9 Å². The van der Waals surface area contributed by atoms with Gasteiger partial charge in [0.1, 0.15) is 29.1 Å². The van der Waals surface area contributed by atoms with Gasteiger partial charge < -0.3 is 25.4 Å². The number of nitrogens with zero attached hydrogens (tertiary/aromatic N) is 3. The Labute approximate surface area is 305 Å². The quantitative estimate of drug-likeness (QED) is 0.128. The highest BCUT2D eigenvalue weighted by molar-refractivity contribution is 6.31. The molecule has 0 fully saturated rings. The molecule has 0 bridgehead atoms. The van der Waals surface area contributed by atoms with Crippen molar-refractivity contribution in [2.75, 3.05) is 11.9 Å². The number of anilines is 1. The Morgan fingerprint density at radius 2 is 1.69 bits per heavy atom. The highest BCUT2D eigenvalue weighted by Crippen LogP contribution is 2.33. The molecule has 10 nitrogen and oxygen atoms in total. The van der Waals surface area contributed by atoms with Crippen molar-refractivity contribution < 1.29 is 24.2 Å². The Morgan fingerprint density at radius 1 is 0.980 bits per heavy atom. The number of rotatable bonds is 12. The van der Waals surface area contributed by atoms with Crippen molar-refractivity contribution in [1.82, 2.24) is 20.0 Å². The number of phenolic OH excluding ortho intramolecular Hbond substituents is 1. The molecule has 2 atom stereocenters. The van der Waals surface area contributed by atoms with Crippen molar-refractivity contribution in [2.24, 2.45) is 0 Å². The summed E-state index contributed by atoms with van der Waals surface area (Å²) >= 11 is 6.21. The van der Waals surface area contributed by atoms with Crippen LogP contribution in [0.4, 0.5) is 10.5 Å². The average Bonchev–Trinajstić information content (AvgIpc) is 3.49. The molecule has 3 amide bonds. The van der Waals surface area contributed by atoms with Gasteiger partial charge in [-0.3, -0.25) is 14.3 Å². The van der Waals surface area contributed by atoms with Gasteiger partial charge in [-0.05, 0) is 88.1 Å². The number of ether oxygens (including phenoxy) is 1. The van der Waals surface area contributed by atoms with E-state index in [4.69, 9.17) is 16.3 Å². The predicted molar refractivity (Wildman–Crippen MR) is 200 cm³/mol. The van der Waals surface area contributed by atoms with Crippen LogP contribution in [0.2, 0.25) is 5.02 Å². The normalized spacial score (nSPS) is 12.2. The van der Waals surface area contributed by atoms with Crippen molar-refractivity contribution in [3.05, 3.63) is 101 Å². The average molecular weight is 712 g/mol. The number of alkyl carbamates (subject to hydrolysis) is 1. The molecule has 268 valence electrons. The number of aromatic hydroxyl groups is 1. The van der Waals surface area contributed by atoms with E-state index in [1.165, 1.54) is 11.0 Å². The number of nitrogens with one attached hydrogen (secondary N) is 2. The zero-order chi connectivity index (χ0) is 37.1. The molecule has 0 aliphatic carbocycles. The van der Waals surface area contributed by atoms with Gasteiger partial charge in [0.05, 0.1) is 5.56 Å². The summed E-state index contributed by atoms with van der Waals surface area (Å²) in [5, 5.41) is 21.3. The predicted octanol–water partition coefficient (Wildman–Crippen LogP) is 7.94. The summed E-state index contributed by atoms with van der Waals surface area (Å²) in [4.78, 5) is 42.2. The van der Waals surface area contributed by atoms with Crippen LogP contribution in [0, 0.1) is 11.8 Å². The lowest BCUT2D eigenvalue weighted by Crippen LogP contribution is -2.52. The summed E-state index contributed by atoms with van der Waals surface area (Å²) in [6.45, 7) is 12.1. The lowest BCUT2D eigenvalue weighted by Gasteiger charge is -2.33. The van der Waals surface area contributed by atoms with E-state index in [1.54, 1.807) is 86.1 Å². The van der Waals surface area contributed by atoms with Crippen molar-refractivity contribution in [1.29, 1.82) is 0 Å². The van der Waals surface area contributed by atoms with Gasteiger partial charge in [0.25, 0.3) is 5.91 Å². The number of phenols is 1.